The highest BCUT2D eigenvalue weighted by Gasteiger charge is 2.15. The Morgan fingerprint density at radius 1 is 1.31 bits per heavy atom. The van der Waals surface area contributed by atoms with E-state index in [1.165, 1.54) is 11.3 Å². The molecule has 0 saturated heterocycles. The monoisotopic (exact) mass is 234 g/mol. The Morgan fingerprint density at radius 2 is 2.06 bits per heavy atom. The average molecular weight is 234 g/mol. The minimum absolute atomic E-state index is 0.314. The minimum atomic E-state index is -0.915. The van der Waals surface area contributed by atoms with Crippen LogP contribution in [0.1, 0.15) is 10.4 Å². The van der Waals surface area contributed by atoms with Crippen molar-refractivity contribution >= 4 is 17.3 Å². The van der Waals surface area contributed by atoms with Gasteiger partial charge in [0.05, 0.1) is 17.6 Å². The predicted molar refractivity (Wildman–Crippen MR) is 63.3 cm³/mol. The lowest BCUT2D eigenvalue weighted by Gasteiger charge is -2.06. The van der Waals surface area contributed by atoms with E-state index in [4.69, 9.17) is 9.84 Å². The van der Waals surface area contributed by atoms with Gasteiger partial charge in [-0.1, -0.05) is 12.1 Å². The Kier molecular flexibility index (Phi) is 2.92. The summed E-state index contributed by atoms with van der Waals surface area (Å²) in [4.78, 5) is 11.7. The van der Waals surface area contributed by atoms with Crippen molar-refractivity contribution in [1.82, 2.24) is 0 Å². The number of methoxy groups -OCH3 is 1. The molecule has 0 aliphatic heterocycles. The first kappa shape index (κ1) is 10.7. The predicted octanol–water partition coefficient (Wildman–Crippen LogP) is 3.12. The molecule has 1 heterocycles. The second kappa shape index (κ2) is 4.37. The molecule has 4 heteroatoms. The van der Waals surface area contributed by atoms with Crippen molar-refractivity contribution in [1.29, 1.82) is 0 Å². The number of hydrogen-bond donors (Lipinski definition) is 1. The van der Waals surface area contributed by atoms with Crippen LogP contribution in [0.5, 0.6) is 5.75 Å². The molecule has 0 atom stereocenters. The topological polar surface area (TPSA) is 46.5 Å². The summed E-state index contributed by atoms with van der Waals surface area (Å²) in [6.45, 7) is 0. The number of hydrogen-bond acceptors (Lipinski definition) is 3. The Bertz CT molecular complexity index is 516. The Morgan fingerprint density at radius 3 is 2.75 bits per heavy atom. The molecule has 0 aliphatic carbocycles. The molecule has 0 unspecified atom stereocenters. The van der Waals surface area contributed by atoms with Gasteiger partial charge in [0.15, 0.2) is 0 Å². The molecule has 3 nitrogen and oxygen atoms in total. The molecular formula is C12H10O3S. The molecule has 0 bridgehead atoms. The zero-order chi connectivity index (χ0) is 11.5. The maximum Gasteiger partial charge on any atom is 0.337 e. The normalized spacial score (nSPS) is 10.1. The van der Waals surface area contributed by atoms with Crippen LogP contribution < -0.4 is 4.74 Å². The smallest absolute Gasteiger partial charge is 0.337 e. The van der Waals surface area contributed by atoms with Gasteiger partial charge in [-0.2, -0.15) is 0 Å². The van der Waals surface area contributed by atoms with Crippen molar-refractivity contribution in [3.8, 4) is 16.2 Å². The van der Waals surface area contributed by atoms with Crippen molar-refractivity contribution in [2.24, 2.45) is 0 Å². The first-order chi connectivity index (χ1) is 7.74. The maximum absolute atomic E-state index is 11.0. The van der Waals surface area contributed by atoms with Crippen LogP contribution in [0.4, 0.5) is 0 Å². The summed E-state index contributed by atoms with van der Waals surface area (Å²) in [6, 6.07) is 9.01. The van der Waals surface area contributed by atoms with Crippen molar-refractivity contribution in [3.63, 3.8) is 0 Å². The second-order valence-corrected chi connectivity index (χ2v) is 4.08. The largest absolute Gasteiger partial charge is 0.496 e. The van der Waals surface area contributed by atoms with Gasteiger partial charge in [-0.15, -0.1) is 11.3 Å². The van der Waals surface area contributed by atoms with Gasteiger partial charge in [0.2, 0.25) is 0 Å². The molecule has 2 rings (SSSR count). The molecule has 0 radical (unpaired) electrons. The lowest BCUT2D eigenvalue weighted by Crippen LogP contribution is -1.96. The van der Waals surface area contributed by atoms with E-state index in [0.29, 0.717) is 11.3 Å². The molecule has 82 valence electrons. The lowest BCUT2D eigenvalue weighted by atomic mass is 10.1. The van der Waals surface area contributed by atoms with Crippen LogP contribution in [0, 0.1) is 0 Å². The summed E-state index contributed by atoms with van der Waals surface area (Å²) < 4.78 is 5.22. The molecule has 0 saturated carbocycles. The van der Waals surface area contributed by atoms with E-state index < -0.39 is 5.97 Å². The van der Waals surface area contributed by atoms with E-state index in [0.717, 1.165) is 10.4 Å². The summed E-state index contributed by atoms with van der Waals surface area (Å²) in [5, 5.41) is 10.8. The van der Waals surface area contributed by atoms with Crippen LogP contribution in [0.3, 0.4) is 0 Å². The first-order valence-corrected chi connectivity index (χ1v) is 5.56. The number of rotatable bonds is 3. The number of para-hydroxylation sites is 1. The van der Waals surface area contributed by atoms with Crippen molar-refractivity contribution in [2.75, 3.05) is 7.11 Å². The van der Waals surface area contributed by atoms with Crippen molar-refractivity contribution in [2.45, 2.75) is 0 Å². The molecule has 1 N–H and O–H groups in total. The fourth-order valence-electron chi connectivity index (χ4n) is 1.52. The molecule has 1 aromatic carbocycles. The minimum Gasteiger partial charge on any atom is -0.496 e. The number of aromatic carboxylic acids is 1. The van der Waals surface area contributed by atoms with Gasteiger partial charge in [-0.25, -0.2) is 4.79 Å². The molecule has 0 amide bonds. The zero-order valence-corrected chi connectivity index (χ0v) is 9.45. The molecule has 16 heavy (non-hydrogen) atoms. The number of carbonyl (C=O) groups is 1. The molecule has 0 aliphatic rings. The van der Waals surface area contributed by atoms with E-state index in [1.54, 1.807) is 18.6 Å². The number of carboxylic acid groups (broad SMARTS) is 1. The highest BCUT2D eigenvalue weighted by molar-refractivity contribution is 7.14. The number of thiophene rings is 1. The van der Waals surface area contributed by atoms with Gasteiger partial charge in [0.25, 0.3) is 0 Å². The summed E-state index contributed by atoms with van der Waals surface area (Å²) in [6.07, 6.45) is 0. The van der Waals surface area contributed by atoms with E-state index in [9.17, 15) is 4.79 Å². The maximum atomic E-state index is 11.0. The summed E-state index contributed by atoms with van der Waals surface area (Å²) in [5.41, 5.74) is 1.13. The van der Waals surface area contributed by atoms with Gasteiger partial charge in [0, 0.05) is 5.56 Å². The fourth-order valence-corrected chi connectivity index (χ4v) is 2.44. The fraction of sp³-hybridized carbons (Fsp3) is 0.0833. The highest BCUT2D eigenvalue weighted by atomic mass is 32.1. The SMILES string of the molecule is COc1ccccc1-c1sccc1C(=O)O. The summed E-state index contributed by atoms with van der Waals surface area (Å²) in [5.74, 6) is -0.227. The molecule has 1 aromatic heterocycles. The number of ether oxygens (including phenoxy) is 1. The summed E-state index contributed by atoms with van der Waals surface area (Å²) in [7, 11) is 1.58. The third kappa shape index (κ3) is 1.79. The second-order valence-electron chi connectivity index (χ2n) is 3.17. The average Bonchev–Trinajstić information content (AvgIpc) is 2.77. The third-order valence-corrected chi connectivity index (χ3v) is 3.19. The number of benzene rings is 1. The standard InChI is InChI=1S/C12H10O3S/c1-15-10-5-3-2-4-8(10)11-9(12(13)14)6-7-16-11/h2-7H,1H3,(H,13,14). The Balaban J connectivity index is 2.58. The van der Waals surface area contributed by atoms with Gasteiger partial charge in [0.1, 0.15) is 5.75 Å². The first-order valence-electron chi connectivity index (χ1n) is 4.68. The highest BCUT2D eigenvalue weighted by Crippen LogP contribution is 2.35. The van der Waals surface area contributed by atoms with Crippen LogP contribution in [-0.2, 0) is 0 Å². The van der Waals surface area contributed by atoms with E-state index >= 15 is 0 Å². The van der Waals surface area contributed by atoms with E-state index in [1.807, 2.05) is 24.3 Å². The van der Waals surface area contributed by atoms with Crippen LogP contribution in [0.25, 0.3) is 10.4 Å². The third-order valence-electron chi connectivity index (χ3n) is 2.25. The van der Waals surface area contributed by atoms with Crippen LogP contribution in [-0.4, -0.2) is 18.2 Å². The Hall–Kier alpha value is -1.81. The van der Waals surface area contributed by atoms with Crippen LogP contribution >= 0.6 is 11.3 Å². The van der Waals surface area contributed by atoms with E-state index in [2.05, 4.69) is 0 Å². The van der Waals surface area contributed by atoms with Gasteiger partial charge < -0.3 is 9.84 Å². The zero-order valence-electron chi connectivity index (χ0n) is 8.64. The van der Waals surface area contributed by atoms with E-state index in [-0.39, 0.29) is 0 Å². The van der Waals surface area contributed by atoms with Crippen LogP contribution in [0.15, 0.2) is 35.7 Å². The van der Waals surface area contributed by atoms with Gasteiger partial charge in [-0.3, -0.25) is 0 Å². The van der Waals surface area contributed by atoms with Crippen molar-refractivity contribution < 1.29 is 14.6 Å². The molecule has 0 fully saturated rings. The quantitative estimate of drug-likeness (QED) is 0.887. The number of carboxylic acids is 1. The molecular weight excluding hydrogens is 224 g/mol. The van der Waals surface area contributed by atoms with Gasteiger partial charge >= 0.3 is 5.97 Å². The lowest BCUT2D eigenvalue weighted by molar-refractivity contribution is 0.0698. The van der Waals surface area contributed by atoms with Crippen molar-refractivity contribution in [3.05, 3.63) is 41.3 Å². The molecule has 2 aromatic rings. The van der Waals surface area contributed by atoms with Crippen LogP contribution in [0.2, 0.25) is 0 Å². The van der Waals surface area contributed by atoms with Gasteiger partial charge in [-0.05, 0) is 23.6 Å². The molecule has 0 spiro atoms. The Labute approximate surface area is 96.9 Å². The summed E-state index contributed by atoms with van der Waals surface area (Å²) >= 11 is 1.40.